The summed E-state index contributed by atoms with van der Waals surface area (Å²) in [6.07, 6.45) is 41.2. The smallest absolute Gasteiger partial charge is 0.462 e. The van der Waals surface area contributed by atoms with Crippen LogP contribution in [0.5, 0.6) is 0 Å². The molecular formula is C39H69O8P. The van der Waals surface area contributed by atoms with Crippen LogP contribution in [0.15, 0.2) is 48.6 Å². The first-order chi connectivity index (χ1) is 23.3. The van der Waals surface area contributed by atoms with E-state index in [-0.39, 0.29) is 19.4 Å². The van der Waals surface area contributed by atoms with Crippen molar-refractivity contribution in [2.24, 2.45) is 0 Å². The molecule has 0 fully saturated rings. The fourth-order valence-corrected chi connectivity index (χ4v) is 5.32. The van der Waals surface area contributed by atoms with Crippen molar-refractivity contribution in [1.82, 2.24) is 0 Å². The van der Waals surface area contributed by atoms with Crippen molar-refractivity contribution in [3.8, 4) is 0 Å². The van der Waals surface area contributed by atoms with Crippen molar-refractivity contribution >= 4 is 19.8 Å². The van der Waals surface area contributed by atoms with Gasteiger partial charge in [-0.2, -0.15) is 0 Å². The van der Waals surface area contributed by atoms with Crippen molar-refractivity contribution in [1.29, 1.82) is 0 Å². The van der Waals surface area contributed by atoms with E-state index in [4.69, 9.17) is 19.3 Å². The minimum absolute atomic E-state index is 0.159. The summed E-state index contributed by atoms with van der Waals surface area (Å²) < 4.78 is 26.2. The van der Waals surface area contributed by atoms with E-state index >= 15 is 0 Å². The maximum absolute atomic E-state index is 12.3. The molecular weight excluding hydrogens is 627 g/mol. The van der Waals surface area contributed by atoms with Gasteiger partial charge in [-0.3, -0.25) is 14.1 Å². The van der Waals surface area contributed by atoms with Crippen molar-refractivity contribution in [3.63, 3.8) is 0 Å². The predicted octanol–water partition coefficient (Wildman–Crippen LogP) is 11.2. The minimum Gasteiger partial charge on any atom is -0.462 e. The monoisotopic (exact) mass is 696 g/mol. The number of ether oxygens (including phenoxy) is 2. The topological polar surface area (TPSA) is 119 Å². The molecule has 0 aliphatic rings. The fourth-order valence-electron chi connectivity index (χ4n) is 4.96. The third-order valence-electron chi connectivity index (χ3n) is 7.82. The first-order valence-electron chi connectivity index (χ1n) is 18.9. The second-order valence-electron chi connectivity index (χ2n) is 12.5. The van der Waals surface area contributed by atoms with Crippen LogP contribution >= 0.6 is 7.82 Å². The van der Waals surface area contributed by atoms with Crippen LogP contribution in [0.25, 0.3) is 0 Å². The van der Waals surface area contributed by atoms with E-state index in [0.717, 1.165) is 57.8 Å². The molecule has 0 aromatic carbocycles. The molecule has 0 amide bonds. The molecule has 0 bridgehead atoms. The van der Waals surface area contributed by atoms with Crippen LogP contribution in [-0.4, -0.2) is 41.0 Å². The number of carbonyl (C=O) groups excluding carboxylic acids is 2. The Morgan fingerprint density at radius 1 is 0.542 bits per heavy atom. The number of hydrogen-bond donors (Lipinski definition) is 2. The summed E-state index contributed by atoms with van der Waals surface area (Å²) in [6, 6.07) is 0. The molecule has 2 N–H and O–H groups in total. The number of unbranched alkanes of at least 4 members (excludes halogenated alkanes) is 16. The van der Waals surface area contributed by atoms with E-state index in [2.05, 4.69) is 67.0 Å². The van der Waals surface area contributed by atoms with Gasteiger partial charge in [0.1, 0.15) is 6.61 Å². The number of hydrogen-bond acceptors (Lipinski definition) is 6. The first-order valence-corrected chi connectivity index (χ1v) is 20.5. The van der Waals surface area contributed by atoms with Gasteiger partial charge in [0.05, 0.1) is 6.61 Å². The second kappa shape index (κ2) is 34.9. The Labute approximate surface area is 293 Å². The van der Waals surface area contributed by atoms with Gasteiger partial charge in [-0.1, -0.05) is 127 Å². The summed E-state index contributed by atoms with van der Waals surface area (Å²) in [4.78, 5) is 42.7. The maximum Gasteiger partial charge on any atom is 0.469 e. The van der Waals surface area contributed by atoms with Crippen molar-refractivity contribution in [2.75, 3.05) is 13.2 Å². The molecule has 0 heterocycles. The molecule has 0 saturated carbocycles. The number of rotatable bonds is 34. The lowest BCUT2D eigenvalue weighted by Gasteiger charge is -2.18. The van der Waals surface area contributed by atoms with Gasteiger partial charge in [-0.05, 0) is 77.0 Å². The summed E-state index contributed by atoms with van der Waals surface area (Å²) in [6.45, 7) is 3.59. The van der Waals surface area contributed by atoms with E-state index in [0.29, 0.717) is 12.8 Å². The lowest BCUT2D eigenvalue weighted by molar-refractivity contribution is -0.161. The predicted molar refractivity (Wildman–Crippen MR) is 198 cm³/mol. The van der Waals surface area contributed by atoms with E-state index in [1.807, 2.05) is 0 Å². The zero-order chi connectivity index (χ0) is 35.4. The van der Waals surface area contributed by atoms with Gasteiger partial charge in [-0.25, -0.2) is 4.57 Å². The number of phosphoric ester groups is 1. The normalized spacial score (nSPS) is 13.0. The average Bonchev–Trinajstić information content (AvgIpc) is 3.05. The summed E-state index contributed by atoms with van der Waals surface area (Å²) in [5, 5.41) is 0. The van der Waals surface area contributed by atoms with E-state index in [1.54, 1.807) is 0 Å². The van der Waals surface area contributed by atoms with Crippen LogP contribution in [0.3, 0.4) is 0 Å². The van der Waals surface area contributed by atoms with Gasteiger partial charge >= 0.3 is 19.8 Å². The van der Waals surface area contributed by atoms with Crippen molar-refractivity contribution in [2.45, 2.75) is 174 Å². The maximum atomic E-state index is 12.3. The molecule has 0 aliphatic carbocycles. The SMILES string of the molecule is CCCCC/C=C/C/C=C/C/C=C/CCCCC(=O)O[C@H](COC(=O)CCCCC/C=C/CCCCCCCCCC)COP(=O)(O)O. The van der Waals surface area contributed by atoms with Crippen LogP contribution in [0, 0.1) is 0 Å². The zero-order valence-corrected chi connectivity index (χ0v) is 31.3. The molecule has 9 heteroatoms. The van der Waals surface area contributed by atoms with Gasteiger partial charge in [0.15, 0.2) is 6.10 Å². The third kappa shape index (κ3) is 36.8. The Morgan fingerprint density at radius 3 is 1.50 bits per heavy atom. The highest BCUT2D eigenvalue weighted by Gasteiger charge is 2.22. The van der Waals surface area contributed by atoms with E-state index in [1.165, 1.54) is 70.6 Å². The third-order valence-corrected chi connectivity index (χ3v) is 8.31. The molecule has 0 radical (unpaired) electrons. The number of esters is 2. The number of allylic oxidation sites excluding steroid dienone is 8. The van der Waals surface area contributed by atoms with Crippen LogP contribution < -0.4 is 0 Å². The summed E-state index contributed by atoms with van der Waals surface area (Å²) >= 11 is 0. The molecule has 0 spiro atoms. The van der Waals surface area contributed by atoms with Crippen LogP contribution in [-0.2, 0) is 28.2 Å². The van der Waals surface area contributed by atoms with Gasteiger partial charge in [0.25, 0.3) is 0 Å². The van der Waals surface area contributed by atoms with Gasteiger partial charge < -0.3 is 19.3 Å². The molecule has 0 aromatic rings. The molecule has 0 rings (SSSR count). The molecule has 0 aromatic heterocycles. The standard InChI is InChI=1S/C39H69O8P/c1-3-5-7-9-11-13-15-17-19-21-23-25-27-29-31-33-38(40)45-35-37(36-46-48(42,43)44)47-39(41)34-32-30-28-26-24-22-20-18-16-14-12-10-8-6-4-2/h12,14,18,20-21,23-24,26,37H,3-11,13,15-17,19,22,25,27-36H2,1-2H3,(H2,42,43,44)/b14-12+,20-18+,23-21+,26-24+/t37-/m1/s1. The van der Waals surface area contributed by atoms with Crippen molar-refractivity contribution in [3.05, 3.63) is 48.6 Å². The van der Waals surface area contributed by atoms with E-state index < -0.39 is 32.5 Å². The van der Waals surface area contributed by atoms with Gasteiger partial charge in [0.2, 0.25) is 0 Å². The molecule has 48 heavy (non-hydrogen) atoms. The Kier molecular flexibility index (Phi) is 33.4. The van der Waals surface area contributed by atoms with E-state index in [9.17, 15) is 14.2 Å². The highest BCUT2D eigenvalue weighted by Crippen LogP contribution is 2.36. The minimum atomic E-state index is -4.76. The Hall–Kier alpha value is -1.99. The highest BCUT2D eigenvalue weighted by molar-refractivity contribution is 7.46. The Balaban J connectivity index is 4.07. The first kappa shape index (κ1) is 46.0. The van der Waals surface area contributed by atoms with Gasteiger partial charge in [-0.15, -0.1) is 0 Å². The van der Waals surface area contributed by atoms with Crippen LogP contribution in [0.1, 0.15) is 168 Å². The largest absolute Gasteiger partial charge is 0.469 e. The lowest BCUT2D eigenvalue weighted by Crippen LogP contribution is -2.29. The van der Waals surface area contributed by atoms with Gasteiger partial charge in [0, 0.05) is 12.8 Å². The average molecular weight is 697 g/mol. The molecule has 0 unspecified atom stereocenters. The molecule has 278 valence electrons. The van der Waals surface area contributed by atoms with Crippen LogP contribution in [0.4, 0.5) is 0 Å². The summed E-state index contributed by atoms with van der Waals surface area (Å²) in [5.74, 6) is -0.951. The number of carbonyl (C=O) groups is 2. The fraction of sp³-hybridized carbons (Fsp3) is 0.744. The zero-order valence-electron chi connectivity index (χ0n) is 30.4. The lowest BCUT2D eigenvalue weighted by atomic mass is 10.1. The number of phosphoric acid groups is 1. The molecule has 0 saturated heterocycles. The van der Waals surface area contributed by atoms with Crippen molar-refractivity contribution < 1.29 is 37.9 Å². The Morgan fingerprint density at radius 2 is 0.938 bits per heavy atom. The van der Waals surface area contributed by atoms with Crippen LogP contribution in [0.2, 0.25) is 0 Å². The Bertz CT molecular complexity index is 921. The summed E-state index contributed by atoms with van der Waals surface area (Å²) in [7, 11) is -4.76. The highest BCUT2D eigenvalue weighted by atomic mass is 31.2. The molecule has 8 nitrogen and oxygen atoms in total. The quantitative estimate of drug-likeness (QED) is 0.0295. The summed E-state index contributed by atoms with van der Waals surface area (Å²) in [5.41, 5.74) is 0. The second-order valence-corrected chi connectivity index (χ2v) is 13.8. The molecule has 1 atom stereocenters. The molecule has 0 aliphatic heterocycles.